The third kappa shape index (κ3) is 10.7. The number of rotatable bonds is 16. The van der Waals surface area contributed by atoms with E-state index in [1.807, 2.05) is 6.07 Å². The van der Waals surface area contributed by atoms with E-state index in [1.165, 1.54) is 82.6 Å². The molecular weight excluding hydrogens is 320 g/mol. The first-order chi connectivity index (χ1) is 12.9. The highest BCUT2D eigenvalue weighted by Gasteiger charge is 2.22. The van der Waals surface area contributed by atoms with Crippen molar-refractivity contribution in [3.8, 4) is 5.75 Å². The average molecular weight is 359 g/mol. The van der Waals surface area contributed by atoms with Crippen LogP contribution in [0.3, 0.4) is 0 Å². The molecule has 2 rings (SSSR count). The molecule has 1 aliphatic rings. The van der Waals surface area contributed by atoms with E-state index in [2.05, 4.69) is 37.3 Å². The minimum atomic E-state index is 0.315. The van der Waals surface area contributed by atoms with Gasteiger partial charge in [0.15, 0.2) is 0 Å². The second kappa shape index (κ2) is 13.9. The summed E-state index contributed by atoms with van der Waals surface area (Å²) in [6.07, 6.45) is 21.5. The van der Waals surface area contributed by atoms with Crippen molar-refractivity contribution in [3.05, 3.63) is 35.9 Å². The number of epoxide rings is 1. The van der Waals surface area contributed by atoms with Crippen molar-refractivity contribution >= 4 is 6.08 Å². The van der Waals surface area contributed by atoms with E-state index in [1.54, 1.807) is 0 Å². The monoisotopic (exact) mass is 358 g/mol. The van der Waals surface area contributed by atoms with Gasteiger partial charge in [-0.15, -0.1) is 0 Å². The summed E-state index contributed by atoms with van der Waals surface area (Å²) in [6, 6.07) is 8.32. The van der Waals surface area contributed by atoms with Gasteiger partial charge >= 0.3 is 0 Å². The van der Waals surface area contributed by atoms with Crippen molar-refractivity contribution in [2.24, 2.45) is 0 Å². The topological polar surface area (TPSA) is 21.8 Å². The molecule has 0 bridgehead atoms. The standard InChI is InChI=1S/C24H38O2/c1-2-3-4-5-6-7-8-9-10-11-12-13-14-16-22-17-15-18-23(19-22)25-20-24-21-26-24/h14-19,24H,2-13,20-21H2,1H3/b16-14+. The molecule has 1 fully saturated rings. The molecule has 1 heterocycles. The maximum atomic E-state index is 5.73. The highest BCUT2D eigenvalue weighted by Crippen LogP contribution is 2.18. The van der Waals surface area contributed by atoms with Crippen LogP contribution in [0.1, 0.15) is 89.5 Å². The fourth-order valence-corrected chi connectivity index (χ4v) is 3.21. The number of hydrogen-bond donors (Lipinski definition) is 0. The summed E-state index contributed by atoms with van der Waals surface area (Å²) in [5, 5.41) is 0. The lowest BCUT2D eigenvalue weighted by Gasteiger charge is -2.04. The Balaban J connectivity index is 1.43. The van der Waals surface area contributed by atoms with Crippen LogP contribution in [0.5, 0.6) is 5.75 Å². The van der Waals surface area contributed by atoms with Gasteiger partial charge in [-0.3, -0.25) is 0 Å². The summed E-state index contributed by atoms with van der Waals surface area (Å²) < 4.78 is 10.9. The van der Waals surface area contributed by atoms with Crippen molar-refractivity contribution in [2.75, 3.05) is 13.2 Å². The maximum absolute atomic E-state index is 5.73. The number of ether oxygens (including phenoxy) is 2. The zero-order chi connectivity index (χ0) is 18.3. The average Bonchev–Trinajstić information content (AvgIpc) is 3.49. The Hall–Kier alpha value is -1.28. The van der Waals surface area contributed by atoms with Crippen LogP contribution in [-0.4, -0.2) is 19.3 Å². The van der Waals surface area contributed by atoms with Crippen molar-refractivity contribution in [1.82, 2.24) is 0 Å². The third-order valence-corrected chi connectivity index (χ3v) is 4.98. The predicted octanol–water partition coefficient (Wildman–Crippen LogP) is 7.18. The van der Waals surface area contributed by atoms with Crippen LogP contribution >= 0.6 is 0 Å². The molecule has 1 aromatic carbocycles. The number of allylic oxidation sites excluding steroid dienone is 1. The summed E-state index contributed by atoms with van der Waals surface area (Å²) in [6.45, 7) is 3.80. The summed E-state index contributed by atoms with van der Waals surface area (Å²) in [5.41, 5.74) is 1.22. The van der Waals surface area contributed by atoms with Gasteiger partial charge < -0.3 is 9.47 Å². The molecular formula is C24H38O2. The fourth-order valence-electron chi connectivity index (χ4n) is 3.21. The number of benzene rings is 1. The Morgan fingerprint density at radius 1 is 0.962 bits per heavy atom. The molecule has 1 atom stereocenters. The van der Waals surface area contributed by atoms with Crippen molar-refractivity contribution in [1.29, 1.82) is 0 Å². The Kier molecular flexibility index (Phi) is 11.2. The Morgan fingerprint density at radius 2 is 1.62 bits per heavy atom. The van der Waals surface area contributed by atoms with E-state index in [0.29, 0.717) is 12.7 Å². The SMILES string of the molecule is CCCCCCCCCCCCC/C=C/c1cccc(OCC2CO2)c1. The van der Waals surface area contributed by atoms with Gasteiger partial charge in [0.1, 0.15) is 18.5 Å². The van der Waals surface area contributed by atoms with Gasteiger partial charge in [-0.05, 0) is 30.5 Å². The highest BCUT2D eigenvalue weighted by atomic mass is 16.6. The molecule has 26 heavy (non-hydrogen) atoms. The quantitative estimate of drug-likeness (QED) is 0.230. The van der Waals surface area contributed by atoms with E-state index < -0.39 is 0 Å². The highest BCUT2D eigenvalue weighted by molar-refractivity contribution is 5.51. The lowest BCUT2D eigenvalue weighted by molar-refractivity contribution is 0.263. The largest absolute Gasteiger partial charge is 0.491 e. The van der Waals surface area contributed by atoms with E-state index in [0.717, 1.165) is 12.4 Å². The zero-order valence-corrected chi connectivity index (χ0v) is 16.8. The van der Waals surface area contributed by atoms with Crippen LogP contribution in [0.2, 0.25) is 0 Å². The molecule has 0 spiro atoms. The lowest BCUT2D eigenvalue weighted by Crippen LogP contribution is -2.03. The predicted molar refractivity (Wildman–Crippen MR) is 112 cm³/mol. The van der Waals surface area contributed by atoms with Crippen molar-refractivity contribution in [3.63, 3.8) is 0 Å². The Morgan fingerprint density at radius 3 is 2.27 bits per heavy atom. The van der Waals surface area contributed by atoms with Gasteiger partial charge in [0.05, 0.1) is 6.61 Å². The van der Waals surface area contributed by atoms with Crippen molar-refractivity contribution < 1.29 is 9.47 Å². The molecule has 0 saturated carbocycles. The molecule has 2 nitrogen and oxygen atoms in total. The minimum absolute atomic E-state index is 0.315. The second-order valence-corrected chi connectivity index (χ2v) is 7.57. The molecule has 146 valence electrons. The van der Waals surface area contributed by atoms with Gasteiger partial charge in [0, 0.05) is 0 Å². The van der Waals surface area contributed by atoms with Gasteiger partial charge in [-0.2, -0.15) is 0 Å². The van der Waals surface area contributed by atoms with Crippen molar-refractivity contribution in [2.45, 2.75) is 90.1 Å². The van der Waals surface area contributed by atoms with Crippen LogP contribution in [0.4, 0.5) is 0 Å². The van der Waals surface area contributed by atoms with Crippen LogP contribution in [0, 0.1) is 0 Å². The molecule has 0 N–H and O–H groups in total. The second-order valence-electron chi connectivity index (χ2n) is 7.57. The summed E-state index contributed by atoms with van der Waals surface area (Å²) in [4.78, 5) is 0. The molecule has 1 saturated heterocycles. The van der Waals surface area contributed by atoms with E-state index in [4.69, 9.17) is 9.47 Å². The first kappa shape index (κ1) is 21.0. The zero-order valence-electron chi connectivity index (χ0n) is 16.8. The molecule has 2 heteroatoms. The summed E-state index contributed by atoms with van der Waals surface area (Å²) >= 11 is 0. The van der Waals surface area contributed by atoms with E-state index >= 15 is 0 Å². The number of unbranched alkanes of at least 4 members (excludes halogenated alkanes) is 11. The van der Waals surface area contributed by atoms with Crippen LogP contribution in [0.25, 0.3) is 6.08 Å². The Bertz CT molecular complexity index is 491. The molecule has 0 aromatic heterocycles. The van der Waals surface area contributed by atoms with Crippen LogP contribution < -0.4 is 4.74 Å². The molecule has 1 aromatic rings. The van der Waals surface area contributed by atoms with E-state index in [-0.39, 0.29) is 0 Å². The first-order valence-corrected chi connectivity index (χ1v) is 10.9. The smallest absolute Gasteiger partial charge is 0.120 e. The lowest BCUT2D eigenvalue weighted by atomic mass is 10.1. The van der Waals surface area contributed by atoms with Gasteiger partial charge in [0.25, 0.3) is 0 Å². The Labute approximate surface area is 161 Å². The van der Waals surface area contributed by atoms with E-state index in [9.17, 15) is 0 Å². The summed E-state index contributed by atoms with van der Waals surface area (Å²) in [7, 11) is 0. The van der Waals surface area contributed by atoms with Gasteiger partial charge in [-0.25, -0.2) is 0 Å². The molecule has 1 aliphatic heterocycles. The molecule has 0 radical (unpaired) electrons. The fraction of sp³-hybridized carbons (Fsp3) is 0.667. The first-order valence-electron chi connectivity index (χ1n) is 10.9. The van der Waals surface area contributed by atoms with Gasteiger partial charge in [0.2, 0.25) is 0 Å². The third-order valence-electron chi connectivity index (χ3n) is 4.98. The van der Waals surface area contributed by atoms with Crippen LogP contribution in [-0.2, 0) is 4.74 Å². The minimum Gasteiger partial charge on any atom is -0.491 e. The molecule has 0 aliphatic carbocycles. The molecule has 1 unspecified atom stereocenters. The maximum Gasteiger partial charge on any atom is 0.120 e. The van der Waals surface area contributed by atoms with Gasteiger partial charge in [-0.1, -0.05) is 95.4 Å². The molecule has 0 amide bonds. The van der Waals surface area contributed by atoms with Crippen LogP contribution in [0.15, 0.2) is 30.3 Å². The number of hydrogen-bond acceptors (Lipinski definition) is 2. The normalized spacial score (nSPS) is 16.3. The summed E-state index contributed by atoms with van der Waals surface area (Å²) in [5.74, 6) is 0.942.